The molecule has 3 rings (SSSR count). The van der Waals surface area contributed by atoms with Crippen LogP contribution in [0, 0.1) is 29.1 Å². The molecule has 2 atom stereocenters. The van der Waals surface area contributed by atoms with Crippen LogP contribution < -0.4 is 5.32 Å². The van der Waals surface area contributed by atoms with Gasteiger partial charge in [-0.05, 0) is 31.1 Å². The molecule has 2 saturated carbocycles. The van der Waals surface area contributed by atoms with Gasteiger partial charge in [0.2, 0.25) is 5.91 Å². The van der Waals surface area contributed by atoms with E-state index >= 15 is 0 Å². The van der Waals surface area contributed by atoms with E-state index in [0.29, 0.717) is 11.4 Å². The summed E-state index contributed by atoms with van der Waals surface area (Å²) < 4.78 is 1.53. The van der Waals surface area contributed by atoms with Crippen molar-refractivity contribution in [1.82, 2.24) is 9.78 Å². The van der Waals surface area contributed by atoms with Gasteiger partial charge in [0.1, 0.15) is 17.5 Å². The number of fused-ring (bicyclic) bond motifs is 1. The van der Waals surface area contributed by atoms with Crippen molar-refractivity contribution in [3.8, 4) is 6.07 Å². The molecule has 1 aromatic rings. The second-order valence-corrected chi connectivity index (χ2v) is 5.06. The predicted octanol–water partition coefficient (Wildman–Crippen LogP) is 1.28. The van der Waals surface area contributed by atoms with Gasteiger partial charge in [0.05, 0.1) is 6.20 Å². The largest absolute Gasteiger partial charge is 0.310 e. The maximum absolute atomic E-state index is 12.0. The van der Waals surface area contributed by atoms with Crippen molar-refractivity contribution in [1.29, 1.82) is 5.26 Å². The topological polar surface area (TPSA) is 70.7 Å². The number of carbonyl (C=O) groups is 1. The lowest BCUT2D eigenvalue weighted by molar-refractivity contribution is -0.120. The second kappa shape index (κ2) is 3.59. The van der Waals surface area contributed by atoms with Crippen molar-refractivity contribution in [2.75, 3.05) is 5.32 Å². The molecule has 5 nitrogen and oxygen atoms in total. The van der Waals surface area contributed by atoms with Gasteiger partial charge in [-0.25, -0.2) is 0 Å². The highest BCUT2D eigenvalue weighted by atomic mass is 16.2. The van der Waals surface area contributed by atoms with E-state index in [2.05, 4.69) is 10.4 Å². The molecule has 2 aliphatic carbocycles. The third-order valence-electron chi connectivity index (χ3n) is 3.92. The molecule has 0 aliphatic heterocycles. The average Bonchev–Trinajstić information content (AvgIpc) is 2.78. The Morgan fingerprint density at radius 2 is 2.24 bits per heavy atom. The van der Waals surface area contributed by atoms with Crippen LogP contribution in [0.4, 0.5) is 5.82 Å². The molecule has 2 fully saturated rings. The number of aryl methyl sites for hydroxylation is 1. The van der Waals surface area contributed by atoms with Crippen LogP contribution in [0.25, 0.3) is 0 Å². The maximum Gasteiger partial charge on any atom is 0.228 e. The molecule has 1 heterocycles. The molecule has 5 heteroatoms. The molecule has 0 bridgehead atoms. The van der Waals surface area contributed by atoms with Gasteiger partial charge in [-0.2, -0.15) is 10.4 Å². The smallest absolute Gasteiger partial charge is 0.228 e. The SMILES string of the molecule is Cn1ncc(C#N)c1NC(=O)C1CC2CC2C1. The number of anilines is 1. The van der Waals surface area contributed by atoms with E-state index in [1.165, 1.54) is 17.3 Å². The monoisotopic (exact) mass is 230 g/mol. The quantitative estimate of drug-likeness (QED) is 0.831. The molecule has 17 heavy (non-hydrogen) atoms. The van der Waals surface area contributed by atoms with E-state index in [4.69, 9.17) is 5.26 Å². The van der Waals surface area contributed by atoms with Crippen LogP contribution in [0.2, 0.25) is 0 Å². The summed E-state index contributed by atoms with van der Waals surface area (Å²) >= 11 is 0. The summed E-state index contributed by atoms with van der Waals surface area (Å²) in [5.74, 6) is 2.25. The number of aromatic nitrogens is 2. The predicted molar refractivity (Wildman–Crippen MR) is 60.9 cm³/mol. The third-order valence-corrected chi connectivity index (χ3v) is 3.92. The van der Waals surface area contributed by atoms with Gasteiger partial charge >= 0.3 is 0 Å². The van der Waals surface area contributed by atoms with Crippen molar-refractivity contribution in [3.63, 3.8) is 0 Å². The minimum Gasteiger partial charge on any atom is -0.310 e. The Kier molecular flexibility index (Phi) is 2.18. The number of hydrogen-bond acceptors (Lipinski definition) is 3. The van der Waals surface area contributed by atoms with Crippen LogP contribution in [0.15, 0.2) is 6.20 Å². The molecule has 0 aromatic carbocycles. The molecule has 2 aliphatic rings. The molecule has 0 saturated heterocycles. The first-order valence-corrected chi connectivity index (χ1v) is 5.92. The zero-order valence-corrected chi connectivity index (χ0v) is 9.68. The molecule has 0 spiro atoms. The van der Waals surface area contributed by atoms with Crippen LogP contribution in [0.3, 0.4) is 0 Å². The number of nitrogens with one attached hydrogen (secondary N) is 1. The van der Waals surface area contributed by atoms with E-state index in [1.807, 2.05) is 6.07 Å². The fraction of sp³-hybridized carbons (Fsp3) is 0.583. The summed E-state index contributed by atoms with van der Waals surface area (Å²) in [5.41, 5.74) is 0.420. The fourth-order valence-corrected chi connectivity index (χ4v) is 2.82. The summed E-state index contributed by atoms with van der Waals surface area (Å²) in [6.07, 6.45) is 4.80. The highest BCUT2D eigenvalue weighted by Crippen LogP contribution is 2.54. The van der Waals surface area contributed by atoms with Crippen molar-refractivity contribution in [2.24, 2.45) is 24.8 Å². The maximum atomic E-state index is 12.0. The summed E-state index contributed by atoms with van der Waals surface area (Å²) in [7, 11) is 1.72. The zero-order valence-electron chi connectivity index (χ0n) is 9.68. The Bertz CT molecular complexity index is 503. The van der Waals surface area contributed by atoms with E-state index in [0.717, 1.165) is 24.7 Å². The standard InChI is InChI=1S/C12H14N4O/c1-16-11(10(5-13)6-14-16)15-12(17)9-3-7-2-8(7)4-9/h6-9H,2-4H2,1H3,(H,15,17). The minimum absolute atomic E-state index is 0.0392. The molecule has 1 N–H and O–H groups in total. The Morgan fingerprint density at radius 3 is 2.88 bits per heavy atom. The van der Waals surface area contributed by atoms with Gasteiger partial charge in [0, 0.05) is 13.0 Å². The lowest BCUT2D eigenvalue weighted by Crippen LogP contribution is -2.23. The van der Waals surface area contributed by atoms with Gasteiger partial charge in [0.25, 0.3) is 0 Å². The normalized spacial score (nSPS) is 29.5. The lowest BCUT2D eigenvalue weighted by atomic mass is 10.0. The highest BCUT2D eigenvalue weighted by molar-refractivity contribution is 5.93. The Labute approximate surface area is 99.4 Å². The van der Waals surface area contributed by atoms with Gasteiger partial charge in [-0.15, -0.1) is 0 Å². The fourth-order valence-electron chi connectivity index (χ4n) is 2.82. The first-order valence-electron chi connectivity index (χ1n) is 5.92. The van der Waals surface area contributed by atoms with Gasteiger partial charge in [-0.1, -0.05) is 0 Å². The molecular weight excluding hydrogens is 216 g/mol. The van der Waals surface area contributed by atoms with Gasteiger partial charge < -0.3 is 5.32 Å². The molecule has 1 aromatic heterocycles. The Morgan fingerprint density at radius 1 is 1.53 bits per heavy atom. The van der Waals surface area contributed by atoms with Crippen LogP contribution in [0.5, 0.6) is 0 Å². The third kappa shape index (κ3) is 1.70. The van der Waals surface area contributed by atoms with Crippen LogP contribution in [0.1, 0.15) is 24.8 Å². The van der Waals surface area contributed by atoms with E-state index in [1.54, 1.807) is 7.05 Å². The first-order chi connectivity index (χ1) is 8.19. The van der Waals surface area contributed by atoms with Crippen molar-refractivity contribution in [3.05, 3.63) is 11.8 Å². The van der Waals surface area contributed by atoms with E-state index in [9.17, 15) is 4.79 Å². The lowest BCUT2D eigenvalue weighted by Gasteiger charge is -2.12. The Hall–Kier alpha value is -1.83. The molecule has 1 amide bonds. The van der Waals surface area contributed by atoms with Crippen molar-refractivity contribution in [2.45, 2.75) is 19.3 Å². The number of carbonyl (C=O) groups excluding carboxylic acids is 1. The van der Waals surface area contributed by atoms with Gasteiger partial charge in [-0.3, -0.25) is 9.48 Å². The average molecular weight is 230 g/mol. The number of rotatable bonds is 2. The van der Waals surface area contributed by atoms with Crippen LogP contribution in [-0.2, 0) is 11.8 Å². The molecule has 88 valence electrons. The first kappa shape index (κ1) is 10.3. The van der Waals surface area contributed by atoms with Gasteiger partial charge in [0.15, 0.2) is 0 Å². The minimum atomic E-state index is 0.0392. The van der Waals surface area contributed by atoms with Crippen molar-refractivity contribution >= 4 is 11.7 Å². The van der Waals surface area contributed by atoms with Crippen LogP contribution >= 0.6 is 0 Å². The van der Waals surface area contributed by atoms with E-state index < -0.39 is 0 Å². The van der Waals surface area contributed by atoms with E-state index in [-0.39, 0.29) is 11.8 Å². The molecule has 2 unspecified atom stereocenters. The van der Waals surface area contributed by atoms with Crippen molar-refractivity contribution < 1.29 is 4.79 Å². The summed E-state index contributed by atoms with van der Waals surface area (Å²) in [6, 6.07) is 2.03. The summed E-state index contributed by atoms with van der Waals surface area (Å²) in [5, 5.41) is 15.7. The molecule has 0 radical (unpaired) electrons. The second-order valence-electron chi connectivity index (χ2n) is 5.06. The number of hydrogen-bond donors (Lipinski definition) is 1. The number of nitriles is 1. The summed E-state index contributed by atoms with van der Waals surface area (Å²) in [6.45, 7) is 0. The summed E-state index contributed by atoms with van der Waals surface area (Å²) in [4.78, 5) is 12.0. The highest BCUT2D eigenvalue weighted by Gasteiger charge is 2.48. The van der Waals surface area contributed by atoms with Crippen LogP contribution in [-0.4, -0.2) is 15.7 Å². The molecular formula is C12H14N4O. The zero-order chi connectivity index (χ0) is 12.0. The number of amides is 1. The Balaban J connectivity index is 1.72. The number of nitrogens with zero attached hydrogens (tertiary/aromatic N) is 3.